The van der Waals surface area contributed by atoms with E-state index in [9.17, 15) is 26.3 Å². The zero-order valence-corrected chi connectivity index (χ0v) is 25.5. The molecule has 0 radical (unpaired) electrons. The maximum atomic E-state index is 13.2. The Bertz CT molecular complexity index is 2020. The Balaban J connectivity index is 1.23. The van der Waals surface area contributed by atoms with Crippen molar-refractivity contribution < 1.29 is 31.1 Å². The van der Waals surface area contributed by atoms with E-state index in [1.54, 1.807) is 44.8 Å². The number of anilines is 3. The number of alkyl halides is 6. The monoisotopic (exact) mass is 669 g/mol. The van der Waals surface area contributed by atoms with Crippen LogP contribution in [0.2, 0.25) is 0 Å². The van der Waals surface area contributed by atoms with Crippen LogP contribution in [0.25, 0.3) is 32.9 Å². The molecule has 0 bridgehead atoms. The summed E-state index contributed by atoms with van der Waals surface area (Å²) in [4.78, 5) is 14.3. The molecule has 2 aromatic carbocycles. The van der Waals surface area contributed by atoms with Gasteiger partial charge in [0.15, 0.2) is 5.92 Å². The van der Waals surface area contributed by atoms with Crippen molar-refractivity contribution in [1.29, 1.82) is 0 Å². The Morgan fingerprint density at radius 3 is 2.26 bits per heavy atom. The number of halogens is 6. The van der Waals surface area contributed by atoms with Gasteiger partial charge in [0.25, 0.3) is 0 Å². The smallest absolute Gasteiger partial charge is 0.402 e. The molecule has 0 atom stereocenters. The highest BCUT2D eigenvalue weighted by molar-refractivity contribution is 8.00. The van der Waals surface area contributed by atoms with Crippen LogP contribution in [0.15, 0.2) is 90.3 Å². The fraction of sp³-hybridized carbons (Fsp3) is 0.188. The summed E-state index contributed by atoms with van der Waals surface area (Å²) in [5.74, 6) is -1.65. The number of benzene rings is 2. The number of hydrogen-bond donors (Lipinski definition) is 2. The first-order valence-corrected chi connectivity index (χ1v) is 14.9. The van der Waals surface area contributed by atoms with Crippen molar-refractivity contribution in [2.45, 2.75) is 30.7 Å². The van der Waals surface area contributed by atoms with E-state index < -0.39 is 24.8 Å². The molecule has 8 nitrogen and oxygen atoms in total. The molecule has 4 heterocycles. The number of nitrogens with zero attached hydrogens (tertiary/aromatic N) is 5. The average Bonchev–Trinajstić information content (AvgIpc) is 3.46. The second-order valence-corrected chi connectivity index (χ2v) is 11.4. The van der Waals surface area contributed by atoms with Crippen LogP contribution in [0.4, 0.5) is 43.7 Å². The first kappa shape index (κ1) is 31.9. The molecule has 0 aliphatic carbocycles. The third kappa shape index (κ3) is 6.89. The van der Waals surface area contributed by atoms with Crippen molar-refractivity contribution in [1.82, 2.24) is 24.7 Å². The maximum absolute atomic E-state index is 13.2. The largest absolute Gasteiger partial charge is 0.495 e. The summed E-state index contributed by atoms with van der Waals surface area (Å²) in [5.41, 5.74) is 2.79. The summed E-state index contributed by atoms with van der Waals surface area (Å²) in [6, 6.07) is 18.0. The molecule has 242 valence electrons. The second kappa shape index (κ2) is 12.6. The number of aromatic nitrogens is 5. The van der Waals surface area contributed by atoms with Crippen molar-refractivity contribution in [3.05, 3.63) is 91.0 Å². The Morgan fingerprint density at radius 2 is 1.57 bits per heavy atom. The van der Waals surface area contributed by atoms with Crippen molar-refractivity contribution >= 4 is 50.9 Å². The lowest BCUT2D eigenvalue weighted by Crippen LogP contribution is -2.39. The number of methoxy groups -OCH3 is 1. The summed E-state index contributed by atoms with van der Waals surface area (Å²) < 4.78 is 88.4. The van der Waals surface area contributed by atoms with E-state index in [1.165, 1.54) is 24.2 Å². The van der Waals surface area contributed by atoms with Gasteiger partial charge in [-0.15, -0.1) is 0 Å². The topological polar surface area (TPSA) is 89.8 Å². The van der Waals surface area contributed by atoms with E-state index in [2.05, 4.69) is 30.1 Å². The number of rotatable bonds is 9. The van der Waals surface area contributed by atoms with Crippen LogP contribution in [0.5, 0.6) is 5.75 Å². The van der Waals surface area contributed by atoms with Crippen molar-refractivity contribution in [2.24, 2.45) is 5.92 Å². The molecule has 4 aromatic heterocycles. The number of nitrogens with one attached hydrogen (secondary N) is 2. The molecule has 0 aliphatic heterocycles. The van der Waals surface area contributed by atoms with Gasteiger partial charge >= 0.3 is 12.4 Å². The molecule has 2 N–H and O–H groups in total. The van der Waals surface area contributed by atoms with Gasteiger partial charge in [-0.2, -0.15) is 31.4 Å². The highest BCUT2D eigenvalue weighted by Crippen LogP contribution is 2.41. The van der Waals surface area contributed by atoms with Crippen LogP contribution in [-0.4, -0.2) is 44.2 Å². The number of pyridine rings is 3. The summed E-state index contributed by atoms with van der Waals surface area (Å²) >= 11 is 1.40. The van der Waals surface area contributed by atoms with Gasteiger partial charge in [-0.3, -0.25) is 9.67 Å². The first-order chi connectivity index (χ1) is 22.4. The molecule has 0 fully saturated rings. The Hall–Kier alpha value is -5.05. The maximum Gasteiger partial charge on any atom is 0.402 e. The van der Waals surface area contributed by atoms with E-state index in [0.717, 1.165) is 26.0 Å². The quantitative estimate of drug-likeness (QED) is 0.117. The average molecular weight is 670 g/mol. The number of hydrogen-bond acceptors (Lipinski definition) is 8. The van der Waals surface area contributed by atoms with Crippen LogP contribution >= 0.6 is 11.9 Å². The SMILES string of the molecule is COc1ccc(NSc2ccc(Nc3cc4c(-c5ccc6c(cnn6CC(C(F)(F)F)C(F)(F)F)c5C)nccc4cn3)cc2)nc1. The van der Waals surface area contributed by atoms with Crippen LogP contribution < -0.4 is 14.8 Å². The van der Waals surface area contributed by atoms with Gasteiger partial charge in [-0.1, -0.05) is 6.07 Å². The summed E-state index contributed by atoms with van der Waals surface area (Å²) in [6.07, 6.45) is -4.72. The lowest BCUT2D eigenvalue weighted by Gasteiger charge is -2.23. The van der Waals surface area contributed by atoms with Gasteiger partial charge in [0.05, 0.1) is 37.3 Å². The first-order valence-electron chi connectivity index (χ1n) is 14.0. The van der Waals surface area contributed by atoms with E-state index in [1.807, 2.05) is 42.5 Å². The molecule has 0 saturated carbocycles. The van der Waals surface area contributed by atoms with Gasteiger partial charge in [-0.05, 0) is 79.0 Å². The molecule has 0 aliphatic rings. The molecular weight excluding hydrogens is 644 g/mol. The summed E-state index contributed by atoms with van der Waals surface area (Å²) in [7, 11) is 1.58. The van der Waals surface area contributed by atoms with Crippen LogP contribution in [0.1, 0.15) is 5.56 Å². The predicted octanol–water partition coefficient (Wildman–Crippen LogP) is 8.96. The van der Waals surface area contributed by atoms with Gasteiger partial charge in [0.1, 0.15) is 17.4 Å². The Kier molecular flexibility index (Phi) is 8.57. The second-order valence-electron chi connectivity index (χ2n) is 10.5. The van der Waals surface area contributed by atoms with Crippen LogP contribution in [0.3, 0.4) is 0 Å². The zero-order chi connectivity index (χ0) is 33.3. The molecule has 6 aromatic rings. The minimum absolute atomic E-state index is 0.158. The summed E-state index contributed by atoms with van der Waals surface area (Å²) in [6.45, 7) is 0.354. The van der Waals surface area contributed by atoms with Crippen molar-refractivity contribution in [3.8, 4) is 17.0 Å². The van der Waals surface area contributed by atoms with E-state index >= 15 is 0 Å². The minimum atomic E-state index is -5.47. The predicted molar refractivity (Wildman–Crippen MR) is 169 cm³/mol. The molecule has 0 saturated heterocycles. The molecule has 0 spiro atoms. The standard InChI is InChI=1S/C32H25F6N7OS/c1-18-23(8-9-26-25(18)16-42-45(26)17-27(31(33,34)35)32(36,37)38)30-24-13-29(40-14-19(24)11-12-39-30)43-20-3-6-22(7-4-20)47-44-28-10-5-21(46-2)15-41-28/h3-16,27H,17H2,1-2H3,(H,40,43)(H,41,44). The molecule has 15 heteroatoms. The zero-order valence-electron chi connectivity index (χ0n) is 24.7. The fourth-order valence-electron chi connectivity index (χ4n) is 5.03. The fourth-order valence-corrected chi connectivity index (χ4v) is 5.65. The lowest BCUT2D eigenvalue weighted by molar-refractivity contribution is -0.287. The van der Waals surface area contributed by atoms with Crippen molar-refractivity contribution in [3.63, 3.8) is 0 Å². The normalized spacial score (nSPS) is 12.2. The molecule has 0 amide bonds. The van der Waals surface area contributed by atoms with Crippen molar-refractivity contribution in [2.75, 3.05) is 17.1 Å². The number of fused-ring (bicyclic) bond motifs is 2. The lowest BCUT2D eigenvalue weighted by atomic mass is 9.98. The van der Waals surface area contributed by atoms with Gasteiger partial charge in [-0.25, -0.2) is 9.97 Å². The molecule has 47 heavy (non-hydrogen) atoms. The molecular formula is C32H25F6N7OS. The molecule has 6 rings (SSSR count). The number of aryl methyl sites for hydroxylation is 1. The molecule has 0 unspecified atom stereocenters. The van der Waals surface area contributed by atoms with Crippen LogP contribution in [-0.2, 0) is 6.54 Å². The van der Waals surface area contributed by atoms with E-state index in [4.69, 9.17) is 4.74 Å². The Labute approximate surface area is 268 Å². The highest BCUT2D eigenvalue weighted by Gasteiger charge is 2.56. The van der Waals surface area contributed by atoms with E-state index in [0.29, 0.717) is 39.6 Å². The third-order valence-corrected chi connectivity index (χ3v) is 8.34. The minimum Gasteiger partial charge on any atom is -0.495 e. The summed E-state index contributed by atoms with van der Waals surface area (Å²) in [5, 5.41) is 9.13. The number of ether oxygens (including phenoxy) is 1. The highest BCUT2D eigenvalue weighted by atomic mass is 32.2. The Morgan fingerprint density at radius 1 is 0.830 bits per heavy atom. The van der Waals surface area contributed by atoms with Gasteiger partial charge in [0, 0.05) is 44.7 Å². The van der Waals surface area contributed by atoms with Crippen LogP contribution in [0, 0.1) is 12.8 Å². The van der Waals surface area contributed by atoms with Gasteiger partial charge < -0.3 is 14.8 Å². The van der Waals surface area contributed by atoms with E-state index in [-0.39, 0.29) is 5.52 Å². The third-order valence-electron chi connectivity index (χ3n) is 7.52. The van der Waals surface area contributed by atoms with Gasteiger partial charge in [0.2, 0.25) is 0 Å².